The van der Waals surface area contributed by atoms with Crippen LogP contribution in [0.5, 0.6) is 0 Å². The number of hydrogen-bond acceptors (Lipinski definition) is 4. The molecule has 22 heavy (non-hydrogen) atoms. The van der Waals surface area contributed by atoms with Crippen LogP contribution in [0.15, 0.2) is 12.7 Å². The lowest BCUT2D eigenvalue weighted by atomic mass is 10.00. The molecule has 124 valence electrons. The van der Waals surface area contributed by atoms with Crippen LogP contribution in [0.2, 0.25) is 0 Å². The SMILES string of the molecule is COC(C)(C)C[C@H](C)NC(=O)N1CCC(n2cncn2)CC1. The van der Waals surface area contributed by atoms with Gasteiger partial charge in [0.15, 0.2) is 0 Å². The Morgan fingerprint density at radius 3 is 2.68 bits per heavy atom. The minimum Gasteiger partial charge on any atom is -0.379 e. The molecule has 0 saturated carbocycles. The van der Waals surface area contributed by atoms with E-state index in [1.165, 1.54) is 0 Å². The second-order valence-electron chi connectivity index (χ2n) is 6.61. The summed E-state index contributed by atoms with van der Waals surface area (Å²) in [6.07, 6.45) is 5.90. The number of piperidine rings is 1. The zero-order valence-electron chi connectivity index (χ0n) is 14.0. The maximum atomic E-state index is 12.3. The molecule has 0 unspecified atom stereocenters. The van der Waals surface area contributed by atoms with Crippen molar-refractivity contribution in [2.24, 2.45) is 0 Å². The Morgan fingerprint density at radius 2 is 2.14 bits per heavy atom. The molecule has 1 aliphatic heterocycles. The largest absolute Gasteiger partial charge is 0.379 e. The molecule has 0 spiro atoms. The topological polar surface area (TPSA) is 72.3 Å². The standard InChI is InChI=1S/C15H27N5O2/c1-12(9-15(2,3)22-4)18-14(21)19-7-5-13(6-8-19)20-11-16-10-17-20/h10-13H,5-9H2,1-4H3,(H,18,21)/t12-/m0/s1. The summed E-state index contributed by atoms with van der Waals surface area (Å²) in [5, 5.41) is 7.24. The van der Waals surface area contributed by atoms with Gasteiger partial charge in [0.2, 0.25) is 0 Å². The number of carbonyl (C=O) groups is 1. The van der Waals surface area contributed by atoms with Crippen LogP contribution in [0.1, 0.15) is 46.1 Å². The van der Waals surface area contributed by atoms with Crippen LogP contribution in [0.4, 0.5) is 4.79 Å². The first kappa shape index (κ1) is 16.7. The van der Waals surface area contributed by atoms with E-state index in [2.05, 4.69) is 15.4 Å². The first-order chi connectivity index (χ1) is 10.4. The minimum atomic E-state index is -0.229. The fourth-order valence-corrected chi connectivity index (χ4v) is 2.91. The Balaban J connectivity index is 1.77. The number of amides is 2. The van der Waals surface area contributed by atoms with Gasteiger partial charge in [-0.05, 0) is 40.0 Å². The van der Waals surface area contributed by atoms with Gasteiger partial charge >= 0.3 is 6.03 Å². The second kappa shape index (κ2) is 7.09. The molecule has 0 bridgehead atoms. The molecule has 1 fully saturated rings. The van der Waals surface area contributed by atoms with Gasteiger partial charge in [0.25, 0.3) is 0 Å². The first-order valence-corrected chi connectivity index (χ1v) is 7.86. The lowest BCUT2D eigenvalue weighted by Gasteiger charge is -2.33. The van der Waals surface area contributed by atoms with E-state index in [9.17, 15) is 4.79 Å². The fourth-order valence-electron chi connectivity index (χ4n) is 2.91. The highest BCUT2D eigenvalue weighted by Crippen LogP contribution is 2.21. The number of urea groups is 1. The molecular weight excluding hydrogens is 282 g/mol. The molecule has 2 heterocycles. The number of nitrogens with one attached hydrogen (secondary N) is 1. The number of carbonyl (C=O) groups excluding carboxylic acids is 1. The maximum absolute atomic E-state index is 12.3. The number of hydrogen-bond donors (Lipinski definition) is 1. The number of ether oxygens (including phenoxy) is 1. The highest BCUT2D eigenvalue weighted by atomic mass is 16.5. The van der Waals surface area contributed by atoms with Crippen molar-refractivity contribution in [1.29, 1.82) is 0 Å². The first-order valence-electron chi connectivity index (χ1n) is 7.86. The van der Waals surface area contributed by atoms with Crippen LogP contribution in [0, 0.1) is 0 Å². The Labute approximate surface area is 132 Å². The van der Waals surface area contributed by atoms with Gasteiger partial charge in [0.05, 0.1) is 11.6 Å². The van der Waals surface area contributed by atoms with Gasteiger partial charge in [0.1, 0.15) is 12.7 Å². The minimum absolute atomic E-state index is 0.0106. The molecule has 1 N–H and O–H groups in total. The summed E-state index contributed by atoms with van der Waals surface area (Å²) in [4.78, 5) is 18.2. The summed E-state index contributed by atoms with van der Waals surface area (Å²) >= 11 is 0. The average Bonchev–Trinajstić information content (AvgIpc) is 3.01. The van der Waals surface area contributed by atoms with Gasteiger partial charge in [-0.2, -0.15) is 5.10 Å². The van der Waals surface area contributed by atoms with Gasteiger partial charge < -0.3 is 15.0 Å². The van der Waals surface area contributed by atoms with Crippen LogP contribution < -0.4 is 5.32 Å². The summed E-state index contributed by atoms with van der Waals surface area (Å²) in [5.74, 6) is 0. The molecule has 2 amide bonds. The van der Waals surface area contributed by atoms with Gasteiger partial charge in [-0.3, -0.25) is 0 Å². The number of nitrogens with zero attached hydrogens (tertiary/aromatic N) is 4. The summed E-state index contributed by atoms with van der Waals surface area (Å²) < 4.78 is 7.30. The number of aromatic nitrogens is 3. The monoisotopic (exact) mass is 309 g/mol. The van der Waals surface area contributed by atoms with E-state index in [0.717, 1.165) is 32.4 Å². The summed E-state index contributed by atoms with van der Waals surface area (Å²) in [6.45, 7) is 7.56. The molecule has 1 aromatic rings. The average molecular weight is 309 g/mol. The number of likely N-dealkylation sites (tertiary alicyclic amines) is 1. The molecule has 0 aromatic carbocycles. The number of rotatable bonds is 5. The van der Waals surface area contributed by atoms with Crippen molar-refractivity contribution >= 4 is 6.03 Å². The van der Waals surface area contributed by atoms with Gasteiger partial charge in [-0.15, -0.1) is 0 Å². The predicted octanol–water partition coefficient (Wildman–Crippen LogP) is 1.83. The van der Waals surface area contributed by atoms with Gasteiger partial charge in [0, 0.05) is 26.2 Å². The summed E-state index contributed by atoms with van der Waals surface area (Å²) in [5.41, 5.74) is -0.229. The van der Waals surface area contributed by atoms with Crippen LogP contribution in [-0.2, 0) is 4.74 Å². The molecule has 7 nitrogen and oxygen atoms in total. The smallest absolute Gasteiger partial charge is 0.317 e. The van der Waals surface area contributed by atoms with E-state index >= 15 is 0 Å². The lowest BCUT2D eigenvalue weighted by Crippen LogP contribution is -2.48. The van der Waals surface area contributed by atoms with Gasteiger partial charge in [-0.25, -0.2) is 14.5 Å². The summed E-state index contributed by atoms with van der Waals surface area (Å²) in [6, 6.07) is 0.434. The van der Waals surface area contributed by atoms with Crippen molar-refractivity contribution in [2.75, 3.05) is 20.2 Å². The van der Waals surface area contributed by atoms with Crippen LogP contribution in [-0.4, -0.2) is 57.5 Å². The van der Waals surface area contributed by atoms with Crippen molar-refractivity contribution in [3.63, 3.8) is 0 Å². The molecule has 1 atom stereocenters. The third kappa shape index (κ3) is 4.43. The molecule has 1 saturated heterocycles. The second-order valence-corrected chi connectivity index (χ2v) is 6.61. The Hall–Kier alpha value is -1.63. The van der Waals surface area contributed by atoms with E-state index in [-0.39, 0.29) is 17.7 Å². The third-order valence-corrected chi connectivity index (χ3v) is 4.28. The Kier molecular flexibility index (Phi) is 5.39. The number of methoxy groups -OCH3 is 1. The quantitative estimate of drug-likeness (QED) is 0.900. The highest BCUT2D eigenvalue weighted by molar-refractivity contribution is 5.74. The predicted molar refractivity (Wildman–Crippen MR) is 83.6 cm³/mol. The molecule has 1 aliphatic rings. The molecule has 1 aromatic heterocycles. The van der Waals surface area contributed by atoms with E-state index in [1.54, 1.807) is 19.8 Å². The maximum Gasteiger partial charge on any atom is 0.317 e. The normalized spacial score (nSPS) is 18.3. The lowest BCUT2D eigenvalue weighted by molar-refractivity contribution is 0.00904. The molecule has 2 rings (SSSR count). The Morgan fingerprint density at radius 1 is 1.45 bits per heavy atom. The van der Waals surface area contributed by atoms with Gasteiger partial charge in [-0.1, -0.05) is 0 Å². The van der Waals surface area contributed by atoms with Crippen LogP contribution in [0.25, 0.3) is 0 Å². The van der Waals surface area contributed by atoms with Crippen molar-refractivity contribution in [3.05, 3.63) is 12.7 Å². The molecular formula is C15H27N5O2. The zero-order valence-corrected chi connectivity index (χ0v) is 14.0. The van der Waals surface area contributed by atoms with E-state index in [4.69, 9.17) is 4.74 Å². The van der Waals surface area contributed by atoms with E-state index in [0.29, 0.717) is 6.04 Å². The fraction of sp³-hybridized carbons (Fsp3) is 0.800. The van der Waals surface area contributed by atoms with Crippen LogP contribution in [0.3, 0.4) is 0 Å². The van der Waals surface area contributed by atoms with Crippen molar-refractivity contribution in [1.82, 2.24) is 25.0 Å². The third-order valence-electron chi connectivity index (χ3n) is 4.28. The molecule has 0 radical (unpaired) electrons. The highest BCUT2D eigenvalue weighted by Gasteiger charge is 2.26. The van der Waals surface area contributed by atoms with Crippen molar-refractivity contribution in [2.45, 2.75) is 57.7 Å². The van der Waals surface area contributed by atoms with E-state index in [1.807, 2.05) is 30.4 Å². The molecule has 7 heteroatoms. The van der Waals surface area contributed by atoms with Crippen molar-refractivity contribution in [3.8, 4) is 0 Å². The van der Waals surface area contributed by atoms with Crippen LogP contribution >= 0.6 is 0 Å². The molecule has 0 aliphatic carbocycles. The zero-order chi connectivity index (χ0) is 16.2. The Bertz CT molecular complexity index is 466. The van der Waals surface area contributed by atoms with Crippen molar-refractivity contribution < 1.29 is 9.53 Å². The summed E-state index contributed by atoms with van der Waals surface area (Å²) in [7, 11) is 1.70. The van der Waals surface area contributed by atoms with E-state index < -0.39 is 0 Å².